The molecule has 0 aromatic rings. The molecule has 1 aliphatic rings. The lowest BCUT2D eigenvalue weighted by atomic mass is 10.1. The first kappa shape index (κ1) is 16.6. The van der Waals surface area contributed by atoms with Crippen LogP contribution >= 0.6 is 12.4 Å². The molecule has 0 aliphatic carbocycles. The average Bonchev–Trinajstić information content (AvgIpc) is 2.29. The minimum atomic E-state index is -0.183. The lowest BCUT2D eigenvalue weighted by molar-refractivity contribution is -0.146. The molecule has 2 N–H and O–H groups in total. The van der Waals surface area contributed by atoms with E-state index in [1.165, 1.54) is 0 Å². The first-order chi connectivity index (χ1) is 7.60. The molecule has 3 atom stereocenters. The molecule has 5 nitrogen and oxygen atoms in total. The largest absolute Gasteiger partial charge is 0.380 e. The Balaban J connectivity index is 0.00000256. The summed E-state index contributed by atoms with van der Waals surface area (Å²) in [7, 11) is 1.58. The molecule has 1 heterocycles. The minimum Gasteiger partial charge on any atom is -0.380 e. The van der Waals surface area contributed by atoms with Crippen LogP contribution in [0.5, 0.6) is 0 Å². The van der Waals surface area contributed by atoms with Crippen molar-refractivity contribution in [1.82, 2.24) is 4.90 Å². The Kier molecular flexibility index (Phi) is 7.70. The van der Waals surface area contributed by atoms with Gasteiger partial charge >= 0.3 is 0 Å². The van der Waals surface area contributed by atoms with E-state index in [0.29, 0.717) is 26.1 Å². The van der Waals surface area contributed by atoms with Crippen LogP contribution in [0.1, 0.15) is 20.3 Å². The van der Waals surface area contributed by atoms with Crippen LogP contribution in [0.2, 0.25) is 0 Å². The molecule has 6 heteroatoms. The zero-order valence-electron chi connectivity index (χ0n) is 10.7. The molecule has 1 aliphatic heterocycles. The number of rotatable bonds is 4. The van der Waals surface area contributed by atoms with Gasteiger partial charge in [0.2, 0.25) is 5.91 Å². The highest BCUT2D eigenvalue weighted by Crippen LogP contribution is 2.15. The molecule has 102 valence electrons. The summed E-state index contributed by atoms with van der Waals surface area (Å²) < 4.78 is 10.6. The molecule has 0 aromatic carbocycles. The maximum Gasteiger partial charge on any atom is 0.225 e. The van der Waals surface area contributed by atoms with E-state index in [4.69, 9.17) is 15.2 Å². The Bertz CT molecular complexity index is 237. The second-order valence-corrected chi connectivity index (χ2v) is 4.20. The second kappa shape index (κ2) is 7.87. The molecule has 0 radical (unpaired) electrons. The highest BCUT2D eigenvalue weighted by Gasteiger charge is 2.29. The summed E-state index contributed by atoms with van der Waals surface area (Å²) >= 11 is 0. The summed E-state index contributed by atoms with van der Waals surface area (Å²) in [6.07, 6.45) is 0.263. The number of carbonyl (C=O) groups is 1. The van der Waals surface area contributed by atoms with Crippen LogP contribution in [0.15, 0.2) is 0 Å². The van der Waals surface area contributed by atoms with E-state index in [0.717, 1.165) is 0 Å². The number of hydrogen-bond donors (Lipinski definition) is 1. The number of morpholine rings is 1. The molecule has 1 amide bonds. The zero-order valence-corrected chi connectivity index (χ0v) is 11.5. The third-order valence-corrected chi connectivity index (χ3v) is 3.20. The van der Waals surface area contributed by atoms with Gasteiger partial charge in [-0.25, -0.2) is 0 Å². The SMILES string of the molecule is COC(CN)CC(=O)N1CCOC(C)C1C.Cl. The van der Waals surface area contributed by atoms with E-state index in [1.807, 2.05) is 18.7 Å². The van der Waals surface area contributed by atoms with E-state index in [9.17, 15) is 4.79 Å². The van der Waals surface area contributed by atoms with Crippen LogP contribution in [0, 0.1) is 0 Å². The van der Waals surface area contributed by atoms with Gasteiger partial charge in [0.25, 0.3) is 0 Å². The molecule has 0 aromatic heterocycles. The van der Waals surface area contributed by atoms with Crippen LogP contribution in [0.3, 0.4) is 0 Å². The van der Waals surface area contributed by atoms with Crippen molar-refractivity contribution in [2.24, 2.45) is 5.73 Å². The van der Waals surface area contributed by atoms with E-state index >= 15 is 0 Å². The fraction of sp³-hybridized carbons (Fsp3) is 0.909. The third-order valence-electron chi connectivity index (χ3n) is 3.20. The molecule has 1 saturated heterocycles. The van der Waals surface area contributed by atoms with Crippen molar-refractivity contribution in [3.8, 4) is 0 Å². The number of carbonyl (C=O) groups excluding carboxylic acids is 1. The van der Waals surface area contributed by atoms with Gasteiger partial charge in [0, 0.05) is 20.2 Å². The van der Waals surface area contributed by atoms with Crippen molar-refractivity contribution in [3.63, 3.8) is 0 Å². The highest BCUT2D eigenvalue weighted by atomic mass is 35.5. The van der Waals surface area contributed by atoms with Crippen LogP contribution in [0.25, 0.3) is 0 Å². The Labute approximate surface area is 109 Å². The van der Waals surface area contributed by atoms with Gasteiger partial charge in [0.05, 0.1) is 31.3 Å². The summed E-state index contributed by atoms with van der Waals surface area (Å²) in [5.41, 5.74) is 5.50. The van der Waals surface area contributed by atoms with Crippen molar-refractivity contribution >= 4 is 18.3 Å². The van der Waals surface area contributed by atoms with Crippen molar-refractivity contribution in [2.75, 3.05) is 26.8 Å². The van der Waals surface area contributed by atoms with Gasteiger partial charge in [0.1, 0.15) is 0 Å². The van der Waals surface area contributed by atoms with E-state index in [1.54, 1.807) is 7.11 Å². The first-order valence-electron chi connectivity index (χ1n) is 5.74. The van der Waals surface area contributed by atoms with Gasteiger partial charge < -0.3 is 20.1 Å². The number of methoxy groups -OCH3 is 1. The summed E-state index contributed by atoms with van der Waals surface area (Å²) in [5, 5.41) is 0. The quantitative estimate of drug-likeness (QED) is 0.800. The predicted octanol–water partition coefficient (Wildman–Crippen LogP) is 0.408. The van der Waals surface area contributed by atoms with Crippen LogP contribution in [-0.2, 0) is 14.3 Å². The molecule has 1 fully saturated rings. The molecular weight excluding hydrogens is 244 g/mol. The Morgan fingerprint density at radius 1 is 1.59 bits per heavy atom. The topological polar surface area (TPSA) is 64.8 Å². The van der Waals surface area contributed by atoms with Crippen LogP contribution in [0.4, 0.5) is 0 Å². The summed E-state index contributed by atoms with van der Waals surface area (Å²) in [6.45, 7) is 5.63. The number of ether oxygens (including phenoxy) is 2. The average molecular weight is 267 g/mol. The summed E-state index contributed by atoms with van der Waals surface area (Å²) in [4.78, 5) is 13.9. The van der Waals surface area contributed by atoms with Crippen molar-refractivity contribution in [2.45, 2.75) is 38.5 Å². The monoisotopic (exact) mass is 266 g/mol. The molecule has 1 rings (SSSR count). The van der Waals surface area contributed by atoms with Crippen molar-refractivity contribution in [1.29, 1.82) is 0 Å². The lowest BCUT2D eigenvalue weighted by Gasteiger charge is -2.38. The number of nitrogens with zero attached hydrogens (tertiary/aromatic N) is 1. The molecular formula is C11H23ClN2O3. The van der Waals surface area contributed by atoms with Gasteiger partial charge in [-0.05, 0) is 13.8 Å². The third kappa shape index (κ3) is 4.43. The maximum absolute atomic E-state index is 12.0. The van der Waals surface area contributed by atoms with Gasteiger partial charge in [-0.3, -0.25) is 4.79 Å². The highest BCUT2D eigenvalue weighted by molar-refractivity contribution is 5.85. The van der Waals surface area contributed by atoms with Gasteiger partial charge in [-0.1, -0.05) is 0 Å². The van der Waals surface area contributed by atoms with Gasteiger partial charge in [-0.2, -0.15) is 0 Å². The zero-order chi connectivity index (χ0) is 12.1. The molecule has 0 bridgehead atoms. The second-order valence-electron chi connectivity index (χ2n) is 4.20. The molecule has 0 spiro atoms. The molecule has 0 saturated carbocycles. The predicted molar refractivity (Wildman–Crippen MR) is 68.3 cm³/mol. The first-order valence-corrected chi connectivity index (χ1v) is 5.74. The van der Waals surface area contributed by atoms with Gasteiger partial charge in [-0.15, -0.1) is 12.4 Å². The van der Waals surface area contributed by atoms with E-state index in [2.05, 4.69) is 0 Å². The van der Waals surface area contributed by atoms with Gasteiger partial charge in [0.15, 0.2) is 0 Å². The van der Waals surface area contributed by atoms with E-state index in [-0.39, 0.29) is 36.6 Å². The number of hydrogen-bond acceptors (Lipinski definition) is 4. The lowest BCUT2D eigenvalue weighted by Crippen LogP contribution is -2.52. The standard InChI is InChI=1S/C11H22N2O3.ClH/c1-8-9(2)16-5-4-13(8)11(14)6-10(7-12)15-3;/h8-10H,4-7,12H2,1-3H3;1H. The normalized spacial score (nSPS) is 26.2. The van der Waals surface area contributed by atoms with Crippen molar-refractivity contribution < 1.29 is 14.3 Å². The van der Waals surface area contributed by atoms with Crippen LogP contribution < -0.4 is 5.73 Å². The summed E-state index contributed by atoms with van der Waals surface area (Å²) in [5.74, 6) is 0.0972. The van der Waals surface area contributed by atoms with E-state index < -0.39 is 0 Å². The number of nitrogens with two attached hydrogens (primary N) is 1. The summed E-state index contributed by atoms with van der Waals surface area (Å²) in [6, 6.07) is 0.122. The smallest absolute Gasteiger partial charge is 0.225 e. The number of amides is 1. The number of halogens is 1. The van der Waals surface area contributed by atoms with Crippen LogP contribution in [-0.4, -0.2) is 55.9 Å². The Hall–Kier alpha value is -0.360. The maximum atomic E-state index is 12.0. The van der Waals surface area contributed by atoms with Crippen molar-refractivity contribution in [3.05, 3.63) is 0 Å². The Morgan fingerprint density at radius 3 is 2.76 bits per heavy atom. The fourth-order valence-electron chi connectivity index (χ4n) is 1.86. The Morgan fingerprint density at radius 2 is 2.24 bits per heavy atom. The minimum absolute atomic E-state index is 0. The fourth-order valence-corrected chi connectivity index (χ4v) is 1.86. The molecule has 17 heavy (non-hydrogen) atoms. The molecule has 3 unspecified atom stereocenters.